The van der Waals surface area contributed by atoms with Crippen molar-refractivity contribution in [2.75, 3.05) is 17.2 Å². The van der Waals surface area contributed by atoms with Gasteiger partial charge in [-0.1, -0.05) is 24.3 Å². The summed E-state index contributed by atoms with van der Waals surface area (Å²) in [5, 5.41) is 7.20. The van der Waals surface area contributed by atoms with Crippen LogP contribution in [-0.4, -0.2) is 27.4 Å². The number of benzene rings is 2. The van der Waals surface area contributed by atoms with Crippen LogP contribution < -0.4 is 10.6 Å². The summed E-state index contributed by atoms with van der Waals surface area (Å²) in [4.78, 5) is 23.4. The van der Waals surface area contributed by atoms with Crippen molar-refractivity contribution in [3.63, 3.8) is 0 Å². The normalized spacial score (nSPS) is 13.0. The highest BCUT2D eigenvalue weighted by Crippen LogP contribution is 2.28. The minimum absolute atomic E-state index is 0.249. The molecule has 0 atom stereocenters. The average molecular weight is 413 g/mol. The molecule has 154 valence electrons. The van der Waals surface area contributed by atoms with Gasteiger partial charge in [0.2, 0.25) is 0 Å². The second-order valence-corrected chi connectivity index (χ2v) is 7.45. The molecule has 0 bridgehead atoms. The number of pyridine rings is 2. The van der Waals surface area contributed by atoms with E-state index in [0.29, 0.717) is 25.2 Å². The maximum Gasteiger partial charge on any atom is 0.322 e. The molecular weight excluding hydrogens is 393 g/mol. The Balaban J connectivity index is 1.33. The standard InChI is InChI=1S/C24H20FN5O/c25-18-5-3-6-19(13-18)29-24(31)30-11-9-21-17(15-30)8-10-26-23(21)28-20-12-16-4-1-2-7-22(16)27-14-20/h1-8,10,12-14H,9,11,15H2,(H,26,28)(H,29,31). The van der Waals surface area contributed by atoms with Crippen LogP contribution in [0.4, 0.5) is 26.4 Å². The molecule has 1 aliphatic rings. The smallest absolute Gasteiger partial charge is 0.322 e. The molecular formula is C24H20FN5O. The number of urea groups is 1. The van der Waals surface area contributed by atoms with Crippen molar-refractivity contribution in [3.8, 4) is 0 Å². The second kappa shape index (κ2) is 8.02. The highest BCUT2D eigenvalue weighted by molar-refractivity contribution is 5.89. The van der Waals surface area contributed by atoms with Gasteiger partial charge in [-0.05, 0) is 48.4 Å². The number of nitrogens with one attached hydrogen (secondary N) is 2. The number of para-hydroxylation sites is 1. The van der Waals surface area contributed by atoms with E-state index in [9.17, 15) is 9.18 Å². The van der Waals surface area contributed by atoms with E-state index in [2.05, 4.69) is 20.6 Å². The summed E-state index contributed by atoms with van der Waals surface area (Å²) in [5.41, 5.74) is 4.37. The number of carbonyl (C=O) groups is 1. The lowest BCUT2D eigenvalue weighted by molar-refractivity contribution is 0.206. The zero-order chi connectivity index (χ0) is 21.2. The summed E-state index contributed by atoms with van der Waals surface area (Å²) in [6.45, 7) is 1.01. The minimum atomic E-state index is -0.383. The number of nitrogens with zero attached hydrogens (tertiary/aromatic N) is 3. The average Bonchev–Trinajstić information content (AvgIpc) is 2.79. The fraction of sp³-hybridized carbons (Fsp3) is 0.125. The van der Waals surface area contributed by atoms with Gasteiger partial charge >= 0.3 is 6.03 Å². The second-order valence-electron chi connectivity index (χ2n) is 7.45. The van der Waals surface area contributed by atoms with Crippen LogP contribution in [0, 0.1) is 5.82 Å². The van der Waals surface area contributed by atoms with Crippen LogP contribution in [-0.2, 0) is 13.0 Å². The number of hydrogen-bond donors (Lipinski definition) is 2. The van der Waals surface area contributed by atoms with Gasteiger partial charge in [-0.2, -0.15) is 0 Å². The molecule has 0 aliphatic carbocycles. The summed E-state index contributed by atoms with van der Waals surface area (Å²) < 4.78 is 13.4. The molecule has 2 aromatic heterocycles. The van der Waals surface area contributed by atoms with Gasteiger partial charge in [0.1, 0.15) is 11.6 Å². The number of anilines is 3. The minimum Gasteiger partial charge on any atom is -0.339 e. The number of carbonyl (C=O) groups excluding carboxylic acids is 1. The molecule has 2 amide bonds. The van der Waals surface area contributed by atoms with Crippen molar-refractivity contribution >= 4 is 34.1 Å². The zero-order valence-electron chi connectivity index (χ0n) is 16.7. The Morgan fingerprint density at radius 3 is 2.81 bits per heavy atom. The zero-order valence-corrected chi connectivity index (χ0v) is 16.7. The molecule has 0 spiro atoms. The molecule has 0 saturated carbocycles. The van der Waals surface area contributed by atoms with Crippen molar-refractivity contribution in [3.05, 3.63) is 90.0 Å². The van der Waals surface area contributed by atoms with Crippen molar-refractivity contribution in [2.45, 2.75) is 13.0 Å². The number of rotatable bonds is 3. The van der Waals surface area contributed by atoms with Gasteiger partial charge < -0.3 is 15.5 Å². The molecule has 2 N–H and O–H groups in total. The summed E-state index contributed by atoms with van der Waals surface area (Å²) in [5.74, 6) is 0.395. The monoisotopic (exact) mass is 413 g/mol. The number of amides is 2. The first-order chi connectivity index (χ1) is 15.2. The molecule has 0 radical (unpaired) electrons. The van der Waals surface area contributed by atoms with Crippen molar-refractivity contribution < 1.29 is 9.18 Å². The highest BCUT2D eigenvalue weighted by atomic mass is 19.1. The maximum atomic E-state index is 13.4. The Hall–Kier alpha value is -4.00. The molecule has 5 rings (SSSR count). The van der Waals surface area contributed by atoms with E-state index in [0.717, 1.165) is 33.5 Å². The highest BCUT2D eigenvalue weighted by Gasteiger charge is 2.23. The Morgan fingerprint density at radius 2 is 1.90 bits per heavy atom. The third kappa shape index (κ3) is 4.02. The van der Waals surface area contributed by atoms with Gasteiger partial charge in [-0.25, -0.2) is 14.2 Å². The largest absolute Gasteiger partial charge is 0.339 e. The number of hydrogen-bond acceptors (Lipinski definition) is 4. The van der Waals surface area contributed by atoms with Gasteiger partial charge in [0.05, 0.1) is 17.4 Å². The quantitative estimate of drug-likeness (QED) is 0.490. The Labute approximate surface area is 178 Å². The van der Waals surface area contributed by atoms with Crippen LogP contribution in [0.1, 0.15) is 11.1 Å². The summed E-state index contributed by atoms with van der Waals surface area (Å²) in [7, 11) is 0. The van der Waals surface area contributed by atoms with Gasteiger partial charge in [0.25, 0.3) is 0 Å². The molecule has 0 fully saturated rings. The van der Waals surface area contributed by atoms with Crippen LogP contribution in [0.15, 0.2) is 73.1 Å². The summed E-state index contributed by atoms with van der Waals surface area (Å²) in [6.07, 6.45) is 4.21. The van der Waals surface area contributed by atoms with Crippen LogP contribution in [0.25, 0.3) is 10.9 Å². The van der Waals surface area contributed by atoms with E-state index in [-0.39, 0.29) is 11.8 Å². The molecule has 31 heavy (non-hydrogen) atoms. The van der Waals surface area contributed by atoms with Crippen molar-refractivity contribution in [1.29, 1.82) is 0 Å². The number of halogens is 1. The fourth-order valence-electron chi connectivity index (χ4n) is 3.82. The van der Waals surface area contributed by atoms with Gasteiger partial charge in [0, 0.05) is 35.9 Å². The van der Waals surface area contributed by atoms with Crippen LogP contribution >= 0.6 is 0 Å². The van der Waals surface area contributed by atoms with E-state index in [1.807, 2.05) is 36.4 Å². The van der Waals surface area contributed by atoms with E-state index in [4.69, 9.17) is 0 Å². The Morgan fingerprint density at radius 1 is 1.00 bits per heavy atom. The van der Waals surface area contributed by atoms with Crippen molar-refractivity contribution in [2.24, 2.45) is 0 Å². The van der Waals surface area contributed by atoms with Gasteiger partial charge in [0.15, 0.2) is 0 Å². The first-order valence-electron chi connectivity index (χ1n) is 10.1. The van der Waals surface area contributed by atoms with E-state index in [1.165, 1.54) is 12.1 Å². The predicted octanol–water partition coefficient (Wildman–Crippen LogP) is 5.10. The molecule has 7 heteroatoms. The SMILES string of the molecule is O=C(Nc1cccc(F)c1)N1CCc2c(ccnc2Nc2cnc3ccccc3c2)C1. The maximum absolute atomic E-state index is 13.4. The molecule has 0 saturated heterocycles. The number of aromatic nitrogens is 2. The van der Waals surface area contributed by atoms with E-state index >= 15 is 0 Å². The fourth-order valence-corrected chi connectivity index (χ4v) is 3.82. The van der Waals surface area contributed by atoms with Gasteiger partial charge in [-0.15, -0.1) is 0 Å². The predicted molar refractivity (Wildman–Crippen MR) is 119 cm³/mol. The lowest BCUT2D eigenvalue weighted by atomic mass is 10.0. The van der Waals surface area contributed by atoms with E-state index in [1.54, 1.807) is 29.4 Å². The summed E-state index contributed by atoms with van der Waals surface area (Å²) >= 11 is 0. The van der Waals surface area contributed by atoms with Crippen LogP contribution in [0.3, 0.4) is 0 Å². The summed E-state index contributed by atoms with van der Waals surface area (Å²) in [6, 6.07) is 17.6. The van der Waals surface area contributed by atoms with Crippen molar-refractivity contribution in [1.82, 2.24) is 14.9 Å². The number of fused-ring (bicyclic) bond motifs is 2. The van der Waals surface area contributed by atoms with E-state index < -0.39 is 0 Å². The third-order valence-corrected chi connectivity index (χ3v) is 5.36. The Bertz CT molecular complexity index is 1280. The molecule has 1 aliphatic heterocycles. The first-order valence-corrected chi connectivity index (χ1v) is 10.1. The molecule has 0 unspecified atom stereocenters. The molecule has 3 heterocycles. The topological polar surface area (TPSA) is 70.2 Å². The van der Waals surface area contributed by atoms with Crippen LogP contribution in [0.5, 0.6) is 0 Å². The third-order valence-electron chi connectivity index (χ3n) is 5.36. The lowest BCUT2D eigenvalue weighted by Gasteiger charge is -2.30. The lowest BCUT2D eigenvalue weighted by Crippen LogP contribution is -2.39. The van der Waals surface area contributed by atoms with Crippen LogP contribution in [0.2, 0.25) is 0 Å². The first kappa shape index (κ1) is 19.0. The molecule has 2 aromatic carbocycles. The van der Waals surface area contributed by atoms with Gasteiger partial charge in [-0.3, -0.25) is 4.98 Å². The molecule has 6 nitrogen and oxygen atoms in total. The molecule has 4 aromatic rings. The Kier molecular flexibility index (Phi) is 4.92.